The predicted octanol–water partition coefficient (Wildman–Crippen LogP) is 3.94. The fourth-order valence-corrected chi connectivity index (χ4v) is 4.81. The van der Waals surface area contributed by atoms with Gasteiger partial charge in [-0.1, -0.05) is 0 Å². The molecule has 0 bridgehead atoms. The minimum atomic E-state index is 0. The lowest BCUT2D eigenvalue weighted by atomic mass is 9.92. The Bertz CT molecular complexity index is 747. The highest BCUT2D eigenvalue weighted by molar-refractivity contribution is 7.17. The summed E-state index contributed by atoms with van der Waals surface area (Å²) >= 11 is 1.45. The number of likely N-dealkylation sites (tertiary alicyclic amines) is 1. The maximum absolute atomic E-state index is 13.0. The zero-order valence-corrected chi connectivity index (χ0v) is 17.4. The van der Waals surface area contributed by atoms with Gasteiger partial charge in [0.15, 0.2) is 10.8 Å². The van der Waals surface area contributed by atoms with Gasteiger partial charge in [-0.2, -0.15) is 0 Å². The van der Waals surface area contributed by atoms with E-state index >= 15 is 0 Å². The molecule has 0 spiro atoms. The summed E-state index contributed by atoms with van der Waals surface area (Å²) in [5.41, 5.74) is 0.806. The molecule has 0 saturated carbocycles. The third-order valence-corrected chi connectivity index (χ3v) is 6.41. The maximum Gasteiger partial charge on any atom is 0.265 e. The summed E-state index contributed by atoms with van der Waals surface area (Å²) in [6, 6.07) is 3.84. The van der Waals surface area contributed by atoms with Crippen LogP contribution >= 0.6 is 36.2 Å². The molecule has 2 aliphatic heterocycles. The average Bonchev–Trinajstić information content (AvgIpc) is 3.25. The molecular weight excluding hydrogens is 393 g/mol. The van der Waals surface area contributed by atoms with Crippen molar-refractivity contribution in [2.24, 2.45) is 11.8 Å². The zero-order chi connectivity index (χ0) is 16.7. The van der Waals surface area contributed by atoms with Gasteiger partial charge in [-0.3, -0.25) is 4.79 Å². The Kier molecular flexibility index (Phi) is 7.13. The van der Waals surface area contributed by atoms with E-state index in [0.717, 1.165) is 78.0 Å². The highest BCUT2D eigenvalue weighted by atomic mass is 35.5. The topological polar surface area (TPSA) is 58.4 Å². The van der Waals surface area contributed by atoms with Crippen molar-refractivity contribution in [3.63, 3.8) is 0 Å². The van der Waals surface area contributed by atoms with E-state index in [-0.39, 0.29) is 30.7 Å². The van der Waals surface area contributed by atoms with Gasteiger partial charge in [-0.05, 0) is 63.7 Å². The number of nitrogens with one attached hydrogen (secondary N) is 1. The number of hydrogen-bond donors (Lipinski definition) is 1. The van der Waals surface area contributed by atoms with Crippen LogP contribution in [0.25, 0.3) is 10.8 Å². The molecule has 26 heavy (non-hydrogen) atoms. The molecule has 2 aromatic rings. The molecular formula is C18H25Cl2N3O2S. The standard InChI is InChI=1S/C18H23N3O2S.2ClH/c1-11-3-4-15(23-11)17-20-12(2)16(24-17)18(22)21-7-5-13-9-19-10-14(13)6-8-21;;/h3-4,13-14,19H,5-10H2,1-2H3;2*1H/t13-,14+;;. The Morgan fingerprint density at radius 2 is 1.85 bits per heavy atom. The first-order valence-electron chi connectivity index (χ1n) is 8.66. The number of rotatable bonds is 2. The first-order valence-corrected chi connectivity index (χ1v) is 9.47. The number of fused-ring (bicyclic) bond motifs is 1. The summed E-state index contributed by atoms with van der Waals surface area (Å²) < 4.78 is 5.65. The van der Waals surface area contributed by atoms with E-state index in [4.69, 9.17) is 4.42 Å². The summed E-state index contributed by atoms with van der Waals surface area (Å²) in [5, 5.41) is 4.27. The van der Waals surface area contributed by atoms with Gasteiger partial charge in [0, 0.05) is 13.1 Å². The van der Waals surface area contributed by atoms with Crippen LogP contribution in [0.5, 0.6) is 0 Å². The van der Waals surface area contributed by atoms with Gasteiger partial charge >= 0.3 is 0 Å². The van der Waals surface area contributed by atoms with E-state index in [1.54, 1.807) is 0 Å². The minimum absolute atomic E-state index is 0. The number of nitrogens with zero attached hydrogens (tertiary/aromatic N) is 2. The smallest absolute Gasteiger partial charge is 0.265 e. The quantitative estimate of drug-likeness (QED) is 0.803. The van der Waals surface area contributed by atoms with Crippen LogP contribution in [0.2, 0.25) is 0 Å². The molecule has 0 radical (unpaired) electrons. The van der Waals surface area contributed by atoms with Crippen LogP contribution in [0.15, 0.2) is 16.5 Å². The summed E-state index contributed by atoms with van der Waals surface area (Å²) in [5.74, 6) is 3.20. The summed E-state index contributed by atoms with van der Waals surface area (Å²) in [6.07, 6.45) is 2.21. The zero-order valence-electron chi connectivity index (χ0n) is 15.0. The van der Waals surface area contributed by atoms with Crippen molar-refractivity contribution in [3.8, 4) is 10.8 Å². The van der Waals surface area contributed by atoms with E-state index in [1.165, 1.54) is 11.3 Å². The number of hydrogen-bond acceptors (Lipinski definition) is 5. The lowest BCUT2D eigenvalue weighted by Crippen LogP contribution is -2.32. The third kappa shape index (κ3) is 4.09. The third-order valence-electron chi connectivity index (χ3n) is 5.25. The Morgan fingerprint density at radius 3 is 2.42 bits per heavy atom. The number of furan rings is 1. The van der Waals surface area contributed by atoms with E-state index < -0.39 is 0 Å². The number of aromatic nitrogens is 1. The monoisotopic (exact) mass is 417 g/mol. The molecule has 2 atom stereocenters. The number of carbonyl (C=O) groups excluding carboxylic acids is 1. The fourth-order valence-electron chi connectivity index (χ4n) is 3.81. The summed E-state index contributed by atoms with van der Waals surface area (Å²) in [6.45, 7) is 7.75. The molecule has 2 aliphatic rings. The molecule has 0 unspecified atom stereocenters. The summed E-state index contributed by atoms with van der Waals surface area (Å²) in [7, 11) is 0. The van der Waals surface area contributed by atoms with Gasteiger partial charge in [-0.15, -0.1) is 36.2 Å². The van der Waals surface area contributed by atoms with E-state index in [0.29, 0.717) is 0 Å². The van der Waals surface area contributed by atoms with Crippen LogP contribution in [0.1, 0.15) is 34.0 Å². The van der Waals surface area contributed by atoms with Crippen molar-refractivity contribution in [2.45, 2.75) is 26.7 Å². The molecule has 1 N–H and O–H groups in total. The number of thiazole rings is 1. The van der Waals surface area contributed by atoms with E-state index in [2.05, 4.69) is 10.3 Å². The molecule has 2 saturated heterocycles. The number of aryl methyl sites for hydroxylation is 2. The van der Waals surface area contributed by atoms with Crippen molar-refractivity contribution < 1.29 is 9.21 Å². The van der Waals surface area contributed by atoms with Crippen molar-refractivity contribution in [1.82, 2.24) is 15.2 Å². The van der Waals surface area contributed by atoms with Crippen LogP contribution in [0, 0.1) is 25.7 Å². The normalized spacial score (nSPS) is 22.2. The van der Waals surface area contributed by atoms with Crippen LogP contribution in [0.3, 0.4) is 0 Å². The fraction of sp³-hybridized carbons (Fsp3) is 0.556. The lowest BCUT2D eigenvalue weighted by molar-refractivity contribution is 0.0762. The Hall–Kier alpha value is -1.08. The van der Waals surface area contributed by atoms with Crippen LogP contribution in [-0.2, 0) is 0 Å². The Labute approximate surface area is 170 Å². The average molecular weight is 418 g/mol. The number of halogens is 2. The second-order valence-electron chi connectivity index (χ2n) is 6.89. The Morgan fingerprint density at radius 1 is 1.19 bits per heavy atom. The summed E-state index contributed by atoms with van der Waals surface area (Å²) in [4.78, 5) is 20.3. The Balaban J connectivity index is 0.00000121. The van der Waals surface area contributed by atoms with Crippen LogP contribution in [-0.4, -0.2) is 42.0 Å². The van der Waals surface area contributed by atoms with Crippen molar-refractivity contribution >= 4 is 42.1 Å². The molecule has 144 valence electrons. The van der Waals surface area contributed by atoms with Gasteiger partial charge in [-0.25, -0.2) is 4.98 Å². The molecule has 8 heteroatoms. The van der Waals surface area contributed by atoms with Gasteiger partial charge < -0.3 is 14.6 Å². The second-order valence-corrected chi connectivity index (χ2v) is 7.89. The van der Waals surface area contributed by atoms with Crippen LogP contribution < -0.4 is 5.32 Å². The molecule has 1 amide bonds. The van der Waals surface area contributed by atoms with Crippen LogP contribution in [0.4, 0.5) is 0 Å². The van der Waals surface area contributed by atoms with Crippen molar-refractivity contribution in [3.05, 3.63) is 28.5 Å². The van der Waals surface area contributed by atoms with Crippen molar-refractivity contribution in [1.29, 1.82) is 0 Å². The molecule has 0 aromatic carbocycles. The predicted molar refractivity (Wildman–Crippen MR) is 109 cm³/mol. The van der Waals surface area contributed by atoms with E-state index in [1.807, 2.05) is 30.9 Å². The first kappa shape index (κ1) is 21.2. The lowest BCUT2D eigenvalue weighted by Gasteiger charge is -2.20. The second kappa shape index (κ2) is 8.74. The largest absolute Gasteiger partial charge is 0.459 e. The van der Waals surface area contributed by atoms with Gasteiger partial charge in [0.1, 0.15) is 10.6 Å². The number of carbonyl (C=O) groups is 1. The molecule has 0 aliphatic carbocycles. The highest BCUT2D eigenvalue weighted by Crippen LogP contribution is 2.32. The van der Waals surface area contributed by atoms with Gasteiger partial charge in [0.2, 0.25) is 0 Å². The maximum atomic E-state index is 13.0. The molecule has 5 nitrogen and oxygen atoms in total. The number of amides is 1. The first-order chi connectivity index (χ1) is 11.6. The van der Waals surface area contributed by atoms with Gasteiger partial charge in [0.05, 0.1) is 5.69 Å². The minimum Gasteiger partial charge on any atom is -0.459 e. The molecule has 4 rings (SSSR count). The molecule has 2 aromatic heterocycles. The SMILES string of the molecule is Cc1ccc(-c2nc(C)c(C(=O)N3CC[C@@H]4CNC[C@@H]4CC3)s2)o1.Cl.Cl. The molecule has 4 heterocycles. The van der Waals surface area contributed by atoms with E-state index in [9.17, 15) is 4.79 Å². The van der Waals surface area contributed by atoms with Gasteiger partial charge in [0.25, 0.3) is 5.91 Å². The highest BCUT2D eigenvalue weighted by Gasteiger charge is 2.32. The van der Waals surface area contributed by atoms with Crippen molar-refractivity contribution in [2.75, 3.05) is 26.2 Å². The molecule has 2 fully saturated rings.